The number of hydrogen-bond donors (Lipinski definition) is 1. The summed E-state index contributed by atoms with van der Waals surface area (Å²) in [6.45, 7) is 0. The van der Waals surface area contributed by atoms with Gasteiger partial charge >= 0.3 is 200 Å². The van der Waals surface area contributed by atoms with Gasteiger partial charge in [-0.2, -0.15) is 0 Å². The fourth-order valence-electron chi connectivity index (χ4n) is 5.89. The normalized spacial score (nSPS) is 36.5. The number of benzene rings is 1. The van der Waals surface area contributed by atoms with E-state index in [9.17, 15) is 4.79 Å². The molecule has 28 heavy (non-hydrogen) atoms. The Morgan fingerprint density at radius 2 is 1.82 bits per heavy atom. The molecule has 1 aromatic heterocycles. The fraction of sp³-hybridized carbons (Fsp3) is 0.600. The van der Waals surface area contributed by atoms with Crippen molar-refractivity contribution in [3.8, 4) is 0 Å². The van der Waals surface area contributed by atoms with Crippen molar-refractivity contribution in [1.82, 2.24) is 4.98 Å². The number of hydrogen-bond acceptors (Lipinski definition) is 3. The first-order valence-electron chi connectivity index (χ1n) is 9.15. The van der Waals surface area contributed by atoms with Gasteiger partial charge in [0.05, 0.1) is 0 Å². The van der Waals surface area contributed by atoms with E-state index in [4.69, 9.17) is 23.2 Å². The Morgan fingerprint density at radius 1 is 1.14 bits per heavy atom. The van der Waals surface area contributed by atoms with Crippen LogP contribution >= 0.6 is 34.5 Å². The van der Waals surface area contributed by atoms with Gasteiger partial charge in [0.25, 0.3) is 0 Å². The summed E-state index contributed by atoms with van der Waals surface area (Å²) in [6.07, 6.45) is 7.42. The summed E-state index contributed by atoms with van der Waals surface area (Å²) >= 11 is 14.4. The van der Waals surface area contributed by atoms with E-state index in [1.807, 2.05) is 6.07 Å². The molecule has 0 aliphatic heterocycles. The third-order valence-corrected chi connectivity index (χ3v) is 15.0. The van der Waals surface area contributed by atoms with E-state index < -0.39 is 0 Å². The fourth-order valence-corrected chi connectivity index (χ4v) is 14.8. The number of fused-ring (bicyclic) bond motifs is 1. The van der Waals surface area contributed by atoms with Crippen LogP contribution in [0.1, 0.15) is 38.5 Å². The minimum absolute atomic E-state index is 0.183. The van der Waals surface area contributed by atoms with Gasteiger partial charge in [-0.15, -0.1) is 0 Å². The van der Waals surface area contributed by atoms with Crippen LogP contribution in [0.3, 0.4) is 0 Å². The average Bonchev–Trinajstić information content (AvgIpc) is 3.03. The molecule has 6 rings (SSSR count). The van der Waals surface area contributed by atoms with Crippen molar-refractivity contribution in [3.05, 3.63) is 22.2 Å². The van der Waals surface area contributed by atoms with Crippen molar-refractivity contribution >= 4 is 55.8 Å². The first-order valence-corrected chi connectivity index (χ1v) is 17.2. The predicted molar refractivity (Wildman–Crippen MR) is 109 cm³/mol. The van der Waals surface area contributed by atoms with Crippen molar-refractivity contribution in [1.29, 1.82) is 0 Å². The molecule has 1 aromatic carbocycles. The summed E-state index contributed by atoms with van der Waals surface area (Å²) in [6, 6.07) is 3.57. The summed E-state index contributed by atoms with van der Waals surface area (Å²) in [7, 11) is 0. The van der Waals surface area contributed by atoms with Gasteiger partial charge in [-0.05, 0) is 0 Å². The molecular weight excluding hydrogens is 781 g/mol. The number of nitrogens with zero attached hydrogens (tertiary/aromatic N) is 1. The second-order valence-electron chi connectivity index (χ2n) is 8.44. The van der Waals surface area contributed by atoms with Crippen molar-refractivity contribution in [2.24, 2.45) is 11.3 Å². The Balaban J connectivity index is 1.47. The van der Waals surface area contributed by atoms with Crippen LogP contribution in [0.25, 0.3) is 10.2 Å². The molecule has 0 spiro atoms. The Bertz CT molecular complexity index is 961. The Morgan fingerprint density at radius 3 is 2.46 bits per heavy atom. The molecule has 1 amide bonds. The van der Waals surface area contributed by atoms with Gasteiger partial charge in [0, 0.05) is 0 Å². The molecule has 4 fully saturated rings. The second kappa shape index (κ2) is 7.08. The van der Waals surface area contributed by atoms with Crippen LogP contribution < -0.4 is 5.32 Å². The summed E-state index contributed by atoms with van der Waals surface area (Å²) in [5, 5.41) is 9.85. The van der Waals surface area contributed by atoms with E-state index in [0.717, 1.165) is 35.4 Å². The van der Waals surface area contributed by atoms with Crippen LogP contribution in [0.2, 0.25) is 27.6 Å². The molecule has 0 saturated heterocycles. The van der Waals surface area contributed by atoms with Crippen LogP contribution in [0.5, 0.6) is 0 Å². The molecule has 2 unspecified atom stereocenters. The number of anilines is 1. The van der Waals surface area contributed by atoms with Gasteiger partial charge in [-0.1, -0.05) is 0 Å². The number of carbonyl (C=O) groups excluding carboxylic acids is 1. The molecule has 2 atom stereocenters. The first-order chi connectivity index (χ1) is 13.3. The zero-order valence-electron chi connectivity index (χ0n) is 15.6. The topological polar surface area (TPSA) is 42.0 Å². The third kappa shape index (κ3) is 3.23. The zero-order valence-corrected chi connectivity index (χ0v) is 22.3. The quantitative estimate of drug-likeness (QED) is 0.336. The van der Waals surface area contributed by atoms with Gasteiger partial charge < -0.3 is 0 Å². The molecule has 0 radical (unpaired) electrons. The number of aromatic nitrogens is 1. The molecule has 4 aliphatic rings. The van der Waals surface area contributed by atoms with Crippen molar-refractivity contribution in [2.75, 3.05) is 5.32 Å². The number of halogens is 2. The van der Waals surface area contributed by atoms with Gasteiger partial charge in [0.1, 0.15) is 0 Å². The van der Waals surface area contributed by atoms with Crippen molar-refractivity contribution in [3.63, 3.8) is 0 Å². The monoisotopic (exact) mass is 802 g/mol. The van der Waals surface area contributed by atoms with Gasteiger partial charge in [0.2, 0.25) is 0 Å². The summed E-state index contributed by atoms with van der Waals surface area (Å²) < 4.78 is 1.88. The van der Waals surface area contributed by atoms with Gasteiger partial charge in [0.15, 0.2) is 0 Å². The first kappa shape index (κ1) is 20.5. The molecule has 160 valence electrons. The standard InChI is InChI=1S/C18H16Cl2N2OS.2CH3.2Au/c19-12-4-13(20)15-14(5-12)24-17(21-15)22-16(23)18-6-9-1-10(7-18)3-11(2-9)8-18;;;;/h4-5,9H,1-3,6-8H2,(H,21,22,23);2*1H3;;. The third-order valence-electron chi connectivity index (χ3n) is 6.60. The molecule has 3 nitrogen and oxygen atoms in total. The Labute approximate surface area is 198 Å². The predicted octanol–water partition coefficient (Wildman–Crippen LogP) is 7.10. The SMILES string of the molecule is [CH3][Au][C]12CC3C[C]([Au][CH3])(C1)CC(C(=O)Nc1nc4c(Cl)cc(Cl)cc4s1)(C3)C2. The number of thiazole rings is 1. The molecule has 4 saturated carbocycles. The van der Waals surface area contributed by atoms with Crippen molar-refractivity contribution in [2.45, 2.75) is 56.1 Å². The Kier molecular flexibility index (Phi) is 5.19. The zero-order chi connectivity index (χ0) is 19.7. The summed E-state index contributed by atoms with van der Waals surface area (Å²) in [4.78, 5) is 18.2. The number of carbonyl (C=O) groups is 1. The van der Waals surface area contributed by atoms with Gasteiger partial charge in [-0.3, -0.25) is 0 Å². The molecule has 4 aliphatic carbocycles. The maximum atomic E-state index is 13.6. The summed E-state index contributed by atoms with van der Waals surface area (Å²) in [5.41, 5.74) is 0.542. The van der Waals surface area contributed by atoms with Crippen LogP contribution in [-0.4, -0.2) is 10.9 Å². The maximum absolute atomic E-state index is 13.6. The van der Waals surface area contributed by atoms with Crippen LogP contribution in [0.4, 0.5) is 5.13 Å². The molecule has 2 aromatic rings. The Hall–Kier alpha value is 0.641. The van der Waals surface area contributed by atoms with Crippen LogP contribution in [-0.2, 0) is 44.3 Å². The van der Waals surface area contributed by atoms with Crippen molar-refractivity contribution < 1.29 is 44.3 Å². The van der Waals surface area contributed by atoms with E-state index in [1.165, 1.54) is 30.6 Å². The summed E-state index contributed by atoms with van der Waals surface area (Å²) in [5.74, 6) is 0.954. The van der Waals surface area contributed by atoms with E-state index in [0.29, 0.717) is 22.4 Å². The van der Waals surface area contributed by atoms with E-state index in [1.54, 1.807) is 6.07 Å². The minimum atomic E-state index is -0.183. The van der Waals surface area contributed by atoms with E-state index in [2.05, 4.69) is 20.6 Å². The molecule has 8 heteroatoms. The molecule has 1 N–H and O–H groups in total. The number of rotatable bonds is 4. The van der Waals surface area contributed by atoms with Gasteiger partial charge in [-0.25, -0.2) is 0 Å². The van der Waals surface area contributed by atoms with E-state index in [-0.39, 0.29) is 50.8 Å². The molecule has 4 bridgehead atoms. The number of amides is 1. The van der Waals surface area contributed by atoms with E-state index >= 15 is 0 Å². The molecule has 1 heterocycles. The van der Waals surface area contributed by atoms with Crippen LogP contribution in [0.15, 0.2) is 12.1 Å². The molecular formula is C20H22Au2Cl2N2OS. The second-order valence-corrected chi connectivity index (χ2v) is 17.1. The van der Waals surface area contributed by atoms with Crippen LogP contribution in [0, 0.1) is 11.3 Å². The average molecular weight is 803 g/mol. The number of nitrogens with one attached hydrogen (secondary N) is 1.